The van der Waals surface area contributed by atoms with Crippen molar-refractivity contribution in [2.45, 2.75) is 13.8 Å². The van der Waals surface area contributed by atoms with E-state index in [0.29, 0.717) is 0 Å². The highest BCUT2D eigenvalue weighted by Crippen LogP contribution is 1.97. The molecule has 0 unspecified atom stereocenters. The first-order valence-corrected chi connectivity index (χ1v) is 3.91. The zero-order chi connectivity index (χ0) is 9.68. The van der Waals surface area contributed by atoms with E-state index in [1.165, 1.54) is 6.92 Å². The number of rotatable bonds is 2. The molecule has 0 saturated heterocycles. The minimum atomic E-state index is -0.173. The van der Waals surface area contributed by atoms with Crippen molar-refractivity contribution in [3.8, 4) is 0 Å². The summed E-state index contributed by atoms with van der Waals surface area (Å²) in [5.41, 5.74) is 4.08. The zero-order valence-electron chi connectivity index (χ0n) is 7.61. The Bertz CT molecular complexity index is 319. The van der Waals surface area contributed by atoms with Gasteiger partial charge in [0.15, 0.2) is 0 Å². The second kappa shape index (κ2) is 4.35. The molecule has 0 aliphatic heterocycles. The lowest BCUT2D eigenvalue weighted by molar-refractivity contribution is -0.118. The van der Waals surface area contributed by atoms with Crippen molar-refractivity contribution in [1.82, 2.24) is 10.4 Å². The number of hydrogen-bond acceptors (Lipinski definition) is 3. The second-order valence-corrected chi connectivity index (χ2v) is 2.60. The van der Waals surface area contributed by atoms with Gasteiger partial charge >= 0.3 is 0 Å². The van der Waals surface area contributed by atoms with Gasteiger partial charge in [0.1, 0.15) is 0 Å². The first-order valence-electron chi connectivity index (χ1n) is 3.91. The number of carbonyl (C=O) groups is 1. The summed E-state index contributed by atoms with van der Waals surface area (Å²) in [5, 5.41) is 3.88. The van der Waals surface area contributed by atoms with Gasteiger partial charge < -0.3 is 0 Å². The Kier molecular flexibility index (Phi) is 3.14. The van der Waals surface area contributed by atoms with E-state index in [-0.39, 0.29) is 5.91 Å². The highest BCUT2D eigenvalue weighted by Gasteiger charge is 1.95. The van der Waals surface area contributed by atoms with Gasteiger partial charge in [-0.15, -0.1) is 0 Å². The molecule has 0 aliphatic carbocycles. The van der Waals surface area contributed by atoms with Crippen LogP contribution in [0.15, 0.2) is 29.6 Å². The summed E-state index contributed by atoms with van der Waals surface area (Å²) in [6.45, 7) is 3.24. The van der Waals surface area contributed by atoms with E-state index >= 15 is 0 Å². The van der Waals surface area contributed by atoms with Crippen LogP contribution in [0.3, 0.4) is 0 Å². The van der Waals surface area contributed by atoms with Crippen LogP contribution in [0.1, 0.15) is 19.4 Å². The number of nitrogens with one attached hydrogen (secondary N) is 1. The molecular formula is C9H11N3O. The van der Waals surface area contributed by atoms with Crippen LogP contribution in [0.5, 0.6) is 0 Å². The van der Waals surface area contributed by atoms with Crippen LogP contribution in [-0.2, 0) is 4.79 Å². The highest BCUT2D eigenvalue weighted by molar-refractivity contribution is 5.98. The van der Waals surface area contributed by atoms with Gasteiger partial charge in [0.25, 0.3) is 0 Å². The number of amides is 1. The van der Waals surface area contributed by atoms with Crippen LogP contribution >= 0.6 is 0 Å². The maximum atomic E-state index is 10.5. The molecule has 4 nitrogen and oxygen atoms in total. The van der Waals surface area contributed by atoms with Gasteiger partial charge in [-0.1, -0.05) is 0 Å². The van der Waals surface area contributed by atoms with Gasteiger partial charge in [0.05, 0.1) is 5.71 Å². The topological polar surface area (TPSA) is 54.4 Å². The predicted octanol–water partition coefficient (Wildman–Crippen LogP) is 0.942. The van der Waals surface area contributed by atoms with E-state index in [2.05, 4.69) is 15.5 Å². The van der Waals surface area contributed by atoms with Gasteiger partial charge in [-0.25, -0.2) is 5.43 Å². The third-order valence-electron chi connectivity index (χ3n) is 1.48. The third-order valence-corrected chi connectivity index (χ3v) is 1.48. The summed E-state index contributed by atoms with van der Waals surface area (Å²) < 4.78 is 0. The van der Waals surface area contributed by atoms with Crippen LogP contribution in [0, 0.1) is 0 Å². The van der Waals surface area contributed by atoms with Crippen LogP contribution in [-0.4, -0.2) is 16.6 Å². The van der Waals surface area contributed by atoms with E-state index in [0.717, 1.165) is 11.3 Å². The van der Waals surface area contributed by atoms with Crippen LogP contribution in [0.4, 0.5) is 0 Å². The van der Waals surface area contributed by atoms with Crippen molar-refractivity contribution in [1.29, 1.82) is 0 Å². The minimum absolute atomic E-state index is 0.173. The Balaban J connectivity index is 2.73. The molecule has 0 atom stereocenters. The van der Waals surface area contributed by atoms with E-state index in [4.69, 9.17) is 0 Å². The molecule has 1 aromatic rings. The third kappa shape index (κ3) is 3.02. The van der Waals surface area contributed by atoms with Crippen molar-refractivity contribution >= 4 is 11.6 Å². The summed E-state index contributed by atoms with van der Waals surface area (Å²) in [6, 6.07) is 3.67. The molecule has 1 rings (SSSR count). The molecule has 0 aromatic carbocycles. The first-order chi connectivity index (χ1) is 6.20. The van der Waals surface area contributed by atoms with E-state index in [1.54, 1.807) is 12.4 Å². The largest absolute Gasteiger partial charge is 0.274 e. The molecule has 1 aromatic heterocycles. The molecule has 0 spiro atoms. The lowest BCUT2D eigenvalue weighted by atomic mass is 10.2. The molecule has 0 saturated carbocycles. The fourth-order valence-electron chi connectivity index (χ4n) is 0.820. The second-order valence-electron chi connectivity index (χ2n) is 2.60. The Morgan fingerprint density at radius 2 is 2.00 bits per heavy atom. The molecule has 13 heavy (non-hydrogen) atoms. The predicted molar refractivity (Wildman–Crippen MR) is 50.3 cm³/mol. The number of carbonyl (C=O) groups excluding carboxylic acids is 1. The average molecular weight is 177 g/mol. The maximum Gasteiger partial charge on any atom is 0.236 e. The monoisotopic (exact) mass is 177 g/mol. The summed E-state index contributed by atoms with van der Waals surface area (Å²) >= 11 is 0. The number of hydrazone groups is 1. The Morgan fingerprint density at radius 1 is 1.38 bits per heavy atom. The lowest BCUT2D eigenvalue weighted by Gasteiger charge is -1.99. The molecular weight excluding hydrogens is 166 g/mol. The Morgan fingerprint density at radius 3 is 2.54 bits per heavy atom. The van der Waals surface area contributed by atoms with Gasteiger partial charge in [0, 0.05) is 24.9 Å². The van der Waals surface area contributed by atoms with E-state index < -0.39 is 0 Å². The molecule has 1 N–H and O–H groups in total. The summed E-state index contributed by atoms with van der Waals surface area (Å²) in [5.74, 6) is -0.173. The fourth-order valence-corrected chi connectivity index (χ4v) is 0.820. The van der Waals surface area contributed by atoms with Gasteiger partial charge in [0.2, 0.25) is 5.91 Å². The molecule has 0 fully saturated rings. The maximum absolute atomic E-state index is 10.5. The number of aromatic nitrogens is 1. The van der Waals surface area contributed by atoms with E-state index in [9.17, 15) is 4.79 Å². The number of pyridine rings is 1. The first kappa shape index (κ1) is 9.38. The molecule has 0 bridgehead atoms. The summed E-state index contributed by atoms with van der Waals surface area (Å²) in [6.07, 6.45) is 3.37. The average Bonchev–Trinajstić information content (AvgIpc) is 2.15. The van der Waals surface area contributed by atoms with E-state index in [1.807, 2.05) is 19.1 Å². The minimum Gasteiger partial charge on any atom is -0.274 e. The molecule has 1 amide bonds. The van der Waals surface area contributed by atoms with Crippen molar-refractivity contribution in [2.75, 3.05) is 0 Å². The molecule has 4 heteroatoms. The fraction of sp³-hybridized carbons (Fsp3) is 0.222. The molecule has 0 aliphatic rings. The quantitative estimate of drug-likeness (QED) is 0.540. The molecule has 68 valence electrons. The number of nitrogens with zero attached hydrogens (tertiary/aromatic N) is 2. The summed E-state index contributed by atoms with van der Waals surface area (Å²) in [7, 11) is 0. The lowest BCUT2D eigenvalue weighted by Crippen LogP contribution is -2.14. The Labute approximate surface area is 76.7 Å². The van der Waals surface area contributed by atoms with Crippen LogP contribution in [0.25, 0.3) is 0 Å². The standard InChI is InChI=1S/C9H11N3O/c1-7(11-12-8(2)13)9-3-5-10-6-4-9/h3-6H,1-2H3,(H,12,13). The van der Waals surface area contributed by atoms with Crippen molar-refractivity contribution in [2.24, 2.45) is 5.10 Å². The van der Waals surface area contributed by atoms with Crippen molar-refractivity contribution < 1.29 is 4.79 Å². The van der Waals surface area contributed by atoms with Gasteiger partial charge in [-0.2, -0.15) is 5.10 Å². The normalized spacial score (nSPS) is 11.1. The molecule has 0 radical (unpaired) electrons. The number of hydrogen-bond donors (Lipinski definition) is 1. The van der Waals surface area contributed by atoms with Gasteiger partial charge in [-0.3, -0.25) is 9.78 Å². The molecule has 1 heterocycles. The van der Waals surface area contributed by atoms with Crippen LogP contribution < -0.4 is 5.43 Å². The van der Waals surface area contributed by atoms with Crippen molar-refractivity contribution in [3.05, 3.63) is 30.1 Å². The SMILES string of the molecule is CC(=O)NN=C(C)c1ccncc1. The smallest absolute Gasteiger partial charge is 0.236 e. The Hall–Kier alpha value is -1.71. The zero-order valence-corrected chi connectivity index (χ0v) is 7.61. The summed E-state index contributed by atoms with van der Waals surface area (Å²) in [4.78, 5) is 14.4. The van der Waals surface area contributed by atoms with Crippen molar-refractivity contribution in [3.63, 3.8) is 0 Å². The van der Waals surface area contributed by atoms with Crippen LogP contribution in [0.2, 0.25) is 0 Å². The van der Waals surface area contributed by atoms with Gasteiger partial charge in [-0.05, 0) is 19.1 Å². The highest BCUT2D eigenvalue weighted by atomic mass is 16.2.